The van der Waals surface area contributed by atoms with Gasteiger partial charge >= 0.3 is 0 Å². The van der Waals surface area contributed by atoms with E-state index in [1.165, 1.54) is 6.33 Å². The number of aryl methyl sites for hydroxylation is 1. The smallest absolute Gasteiger partial charge is 0.152 e. The van der Waals surface area contributed by atoms with Crippen LogP contribution >= 0.6 is 0 Å². The van der Waals surface area contributed by atoms with Crippen LogP contribution in [-0.4, -0.2) is 15.2 Å². The first kappa shape index (κ1) is 5.34. The lowest BCUT2D eigenvalue weighted by molar-refractivity contribution is 0.538. The lowest BCUT2D eigenvalue weighted by Crippen LogP contribution is -1.82. The average Bonchev–Trinajstić information content (AvgIpc) is 2.34. The molecule has 0 amide bonds. The van der Waals surface area contributed by atoms with E-state index < -0.39 is 0 Å². The molecule has 10 heavy (non-hydrogen) atoms. The van der Waals surface area contributed by atoms with Crippen molar-refractivity contribution < 1.29 is 4.42 Å². The summed E-state index contributed by atoms with van der Waals surface area (Å²) in [6.07, 6.45) is 2.97. The van der Waals surface area contributed by atoms with E-state index in [4.69, 9.17) is 4.42 Å². The van der Waals surface area contributed by atoms with Gasteiger partial charge in [-0.1, -0.05) is 0 Å². The molecule has 0 aliphatic rings. The highest BCUT2D eigenvalue weighted by molar-refractivity contribution is 5.74. The molecule has 0 bridgehead atoms. The minimum absolute atomic E-state index is 0.738. The molecule has 2 heterocycles. The minimum Gasteiger partial charge on any atom is -0.465 e. The molecule has 2 rings (SSSR count). The van der Waals surface area contributed by atoms with Gasteiger partial charge in [0.2, 0.25) is 0 Å². The van der Waals surface area contributed by atoms with E-state index in [0.717, 1.165) is 16.8 Å². The van der Waals surface area contributed by atoms with Gasteiger partial charge in [-0.25, -0.2) is 4.98 Å². The molecule has 4 nitrogen and oxygen atoms in total. The molecule has 0 aliphatic heterocycles. The third kappa shape index (κ3) is 0.586. The van der Waals surface area contributed by atoms with Gasteiger partial charge in [0.15, 0.2) is 5.52 Å². The Morgan fingerprint density at radius 2 is 2.40 bits per heavy atom. The molecule has 4 heteroatoms. The molecule has 0 aromatic carbocycles. The van der Waals surface area contributed by atoms with Crippen molar-refractivity contribution in [3.8, 4) is 0 Å². The third-order valence-electron chi connectivity index (χ3n) is 1.33. The van der Waals surface area contributed by atoms with Gasteiger partial charge in [-0.05, 0) is 6.92 Å². The van der Waals surface area contributed by atoms with E-state index in [9.17, 15) is 0 Å². The molecule has 0 spiro atoms. The Balaban J connectivity index is 2.93. The van der Waals surface area contributed by atoms with Crippen LogP contribution in [0.15, 0.2) is 17.0 Å². The average molecular weight is 135 g/mol. The number of hydrogen-bond donors (Lipinski definition) is 0. The van der Waals surface area contributed by atoms with Gasteiger partial charge in [0.1, 0.15) is 23.9 Å². The topological polar surface area (TPSA) is 51.8 Å². The lowest BCUT2D eigenvalue weighted by atomic mass is 10.4. The fourth-order valence-corrected chi connectivity index (χ4v) is 0.821. The van der Waals surface area contributed by atoms with Gasteiger partial charge in [-0.3, -0.25) is 0 Å². The SMILES string of the molecule is Cc1occ2ncnnc12. The molecular weight excluding hydrogens is 130 g/mol. The van der Waals surface area contributed by atoms with Crippen molar-refractivity contribution in [1.82, 2.24) is 15.2 Å². The second-order valence-corrected chi connectivity index (χ2v) is 1.99. The summed E-state index contributed by atoms with van der Waals surface area (Å²) in [6.45, 7) is 1.83. The Bertz CT molecular complexity index is 355. The van der Waals surface area contributed by atoms with E-state index in [1.54, 1.807) is 6.26 Å². The predicted molar refractivity (Wildman–Crippen MR) is 34.3 cm³/mol. The van der Waals surface area contributed by atoms with Crippen LogP contribution in [0.25, 0.3) is 11.0 Å². The zero-order valence-electron chi connectivity index (χ0n) is 5.40. The van der Waals surface area contributed by atoms with Crippen LogP contribution in [0.1, 0.15) is 5.76 Å². The maximum atomic E-state index is 5.05. The highest BCUT2D eigenvalue weighted by Crippen LogP contribution is 2.12. The van der Waals surface area contributed by atoms with E-state index in [2.05, 4.69) is 15.2 Å². The third-order valence-corrected chi connectivity index (χ3v) is 1.33. The molecular formula is C6H5N3O. The van der Waals surface area contributed by atoms with Crippen molar-refractivity contribution in [1.29, 1.82) is 0 Å². The van der Waals surface area contributed by atoms with Crippen LogP contribution in [0.3, 0.4) is 0 Å². The fourth-order valence-electron chi connectivity index (χ4n) is 0.821. The second kappa shape index (κ2) is 1.76. The summed E-state index contributed by atoms with van der Waals surface area (Å²) in [5.74, 6) is 0.760. The highest BCUT2D eigenvalue weighted by Gasteiger charge is 2.01. The standard InChI is InChI=1S/C6H5N3O/c1-4-6-5(2-10-4)7-3-8-9-6/h2-3H,1H3. The molecule has 0 saturated carbocycles. The highest BCUT2D eigenvalue weighted by atomic mass is 16.3. The van der Waals surface area contributed by atoms with Crippen LogP contribution in [0.4, 0.5) is 0 Å². The quantitative estimate of drug-likeness (QED) is 0.539. The summed E-state index contributed by atoms with van der Waals surface area (Å²) in [5, 5.41) is 7.46. The summed E-state index contributed by atoms with van der Waals surface area (Å²) in [6, 6.07) is 0. The first-order valence-corrected chi connectivity index (χ1v) is 2.89. The molecule has 2 aromatic rings. The van der Waals surface area contributed by atoms with Gasteiger partial charge in [0, 0.05) is 0 Å². The Hall–Kier alpha value is -1.45. The number of nitrogens with zero attached hydrogens (tertiary/aromatic N) is 3. The molecule has 2 aromatic heterocycles. The van der Waals surface area contributed by atoms with Gasteiger partial charge in [-0.2, -0.15) is 0 Å². The maximum Gasteiger partial charge on any atom is 0.152 e. The Labute approximate surface area is 56.9 Å². The van der Waals surface area contributed by atoms with Crippen LogP contribution in [-0.2, 0) is 0 Å². The number of aromatic nitrogens is 3. The van der Waals surface area contributed by atoms with Gasteiger partial charge in [-0.15, -0.1) is 10.2 Å². The summed E-state index contributed by atoms with van der Waals surface area (Å²) < 4.78 is 5.05. The number of hydrogen-bond acceptors (Lipinski definition) is 4. The number of furan rings is 1. The Morgan fingerprint density at radius 1 is 1.50 bits per heavy atom. The molecule has 0 unspecified atom stereocenters. The van der Waals surface area contributed by atoms with Crippen molar-refractivity contribution in [2.24, 2.45) is 0 Å². The zero-order valence-corrected chi connectivity index (χ0v) is 5.40. The van der Waals surface area contributed by atoms with Gasteiger partial charge < -0.3 is 4.42 Å². The van der Waals surface area contributed by atoms with E-state index in [0.29, 0.717) is 0 Å². The van der Waals surface area contributed by atoms with Crippen molar-refractivity contribution in [2.45, 2.75) is 6.92 Å². The number of fused-ring (bicyclic) bond motifs is 1. The minimum atomic E-state index is 0.738. The molecule has 0 saturated heterocycles. The molecule has 50 valence electrons. The first-order valence-electron chi connectivity index (χ1n) is 2.89. The molecule has 0 radical (unpaired) electrons. The second-order valence-electron chi connectivity index (χ2n) is 1.99. The molecule has 0 aliphatic carbocycles. The first-order chi connectivity index (χ1) is 4.88. The van der Waals surface area contributed by atoms with Crippen LogP contribution < -0.4 is 0 Å². The van der Waals surface area contributed by atoms with Gasteiger partial charge in [0.05, 0.1) is 0 Å². The van der Waals surface area contributed by atoms with Gasteiger partial charge in [0.25, 0.3) is 0 Å². The largest absolute Gasteiger partial charge is 0.465 e. The summed E-state index contributed by atoms with van der Waals surface area (Å²) in [5.41, 5.74) is 1.50. The normalized spacial score (nSPS) is 10.5. The van der Waals surface area contributed by atoms with Crippen LogP contribution in [0.5, 0.6) is 0 Å². The van der Waals surface area contributed by atoms with Crippen LogP contribution in [0, 0.1) is 6.92 Å². The van der Waals surface area contributed by atoms with Crippen molar-refractivity contribution >= 4 is 11.0 Å². The van der Waals surface area contributed by atoms with E-state index in [1.807, 2.05) is 6.92 Å². The fraction of sp³-hybridized carbons (Fsp3) is 0.167. The van der Waals surface area contributed by atoms with Crippen molar-refractivity contribution in [3.63, 3.8) is 0 Å². The monoisotopic (exact) mass is 135 g/mol. The van der Waals surface area contributed by atoms with Crippen molar-refractivity contribution in [3.05, 3.63) is 18.4 Å². The lowest BCUT2D eigenvalue weighted by Gasteiger charge is -1.82. The predicted octanol–water partition coefficient (Wildman–Crippen LogP) is 0.926. The summed E-state index contributed by atoms with van der Waals surface area (Å²) in [7, 11) is 0. The Morgan fingerprint density at radius 3 is 3.20 bits per heavy atom. The van der Waals surface area contributed by atoms with E-state index in [-0.39, 0.29) is 0 Å². The Kier molecular flexibility index (Phi) is 0.943. The molecule has 0 fully saturated rings. The maximum absolute atomic E-state index is 5.05. The van der Waals surface area contributed by atoms with E-state index >= 15 is 0 Å². The van der Waals surface area contributed by atoms with Crippen LogP contribution in [0.2, 0.25) is 0 Å². The number of rotatable bonds is 0. The van der Waals surface area contributed by atoms with Crippen molar-refractivity contribution in [2.75, 3.05) is 0 Å². The zero-order chi connectivity index (χ0) is 6.97. The molecule has 0 atom stereocenters. The summed E-state index contributed by atoms with van der Waals surface area (Å²) >= 11 is 0. The summed E-state index contributed by atoms with van der Waals surface area (Å²) in [4.78, 5) is 3.93. The molecule has 0 N–H and O–H groups in total.